The van der Waals surface area contributed by atoms with E-state index in [0.717, 1.165) is 16.6 Å². The molecular weight excluding hydrogens is 377 g/mol. The number of thiophene rings is 1. The van der Waals surface area contributed by atoms with Gasteiger partial charge < -0.3 is 9.51 Å². The van der Waals surface area contributed by atoms with Crippen molar-refractivity contribution in [1.82, 2.24) is 20.1 Å². The van der Waals surface area contributed by atoms with Crippen molar-refractivity contribution >= 4 is 23.1 Å². The Morgan fingerprint density at radius 1 is 1.32 bits per heavy atom. The number of hydrogen-bond donors (Lipinski definition) is 1. The van der Waals surface area contributed by atoms with E-state index in [4.69, 9.17) is 4.52 Å². The Morgan fingerprint density at radius 2 is 2.16 bits per heavy atom. The van der Waals surface area contributed by atoms with Crippen molar-refractivity contribution in [3.8, 4) is 10.7 Å². The first kappa shape index (κ1) is 17.7. The van der Waals surface area contributed by atoms with Gasteiger partial charge in [-0.15, -0.1) is 11.3 Å². The summed E-state index contributed by atoms with van der Waals surface area (Å²) in [7, 11) is 0. The van der Waals surface area contributed by atoms with Crippen LogP contribution in [0.1, 0.15) is 18.0 Å². The summed E-state index contributed by atoms with van der Waals surface area (Å²) < 4.78 is 43.0. The van der Waals surface area contributed by atoms with Crippen LogP contribution in [0.15, 0.2) is 38.1 Å². The molecule has 3 aromatic heterocycles. The van der Waals surface area contributed by atoms with E-state index in [1.807, 2.05) is 17.5 Å². The number of aryl methyl sites for hydroxylation is 1. The maximum Gasteiger partial charge on any atom is 0.433 e. The Balaban J connectivity index is 1.54. The second kappa shape index (κ2) is 7.40. The number of aromatic nitrogens is 4. The molecule has 0 fully saturated rings. The minimum Gasteiger partial charge on any atom is -0.339 e. The second-order valence-electron chi connectivity index (χ2n) is 4.87. The molecular formula is C14H11F3N4O2S2. The first-order valence-electron chi connectivity index (χ1n) is 7.09. The average Bonchev–Trinajstić information content (AvgIpc) is 3.21. The van der Waals surface area contributed by atoms with E-state index in [2.05, 4.69) is 20.1 Å². The van der Waals surface area contributed by atoms with E-state index >= 15 is 0 Å². The third-order valence-electron chi connectivity index (χ3n) is 2.99. The van der Waals surface area contributed by atoms with Gasteiger partial charge in [0.05, 0.1) is 4.88 Å². The molecule has 0 bridgehead atoms. The van der Waals surface area contributed by atoms with E-state index < -0.39 is 17.4 Å². The van der Waals surface area contributed by atoms with Crippen LogP contribution in [0.3, 0.4) is 0 Å². The quantitative estimate of drug-likeness (QED) is 0.394. The molecule has 0 aliphatic heterocycles. The molecule has 0 spiro atoms. The summed E-state index contributed by atoms with van der Waals surface area (Å²) in [4.78, 5) is 22.2. The van der Waals surface area contributed by atoms with Gasteiger partial charge in [0.25, 0.3) is 5.56 Å². The Bertz CT molecular complexity index is 890. The Labute approximate surface area is 147 Å². The summed E-state index contributed by atoms with van der Waals surface area (Å²) in [6.45, 7) is 0. The minimum absolute atomic E-state index is 0.0652. The predicted molar refractivity (Wildman–Crippen MR) is 86.5 cm³/mol. The molecule has 1 N–H and O–H groups in total. The van der Waals surface area contributed by atoms with Crippen LogP contribution in [-0.4, -0.2) is 25.9 Å². The molecule has 11 heteroatoms. The van der Waals surface area contributed by atoms with Crippen molar-refractivity contribution in [2.45, 2.75) is 24.2 Å². The van der Waals surface area contributed by atoms with Crippen LogP contribution < -0.4 is 5.56 Å². The number of hydrogen-bond acceptors (Lipinski definition) is 7. The van der Waals surface area contributed by atoms with Crippen LogP contribution in [0.25, 0.3) is 10.7 Å². The number of thioether (sulfide) groups is 1. The zero-order chi connectivity index (χ0) is 17.9. The molecule has 3 aromatic rings. The van der Waals surface area contributed by atoms with Crippen molar-refractivity contribution in [2.24, 2.45) is 0 Å². The Kier molecular flexibility index (Phi) is 5.23. The number of nitrogens with one attached hydrogen (secondary N) is 1. The SMILES string of the molecule is O=c1cc(C(F)(F)F)nc(SCCCc2nc(-c3cccs3)no2)[nH]1. The molecule has 132 valence electrons. The van der Waals surface area contributed by atoms with E-state index in [-0.39, 0.29) is 5.16 Å². The molecule has 0 atom stereocenters. The number of rotatable bonds is 6. The van der Waals surface area contributed by atoms with E-state index in [0.29, 0.717) is 36.4 Å². The first-order valence-corrected chi connectivity index (χ1v) is 8.96. The fourth-order valence-electron chi connectivity index (χ4n) is 1.90. The molecule has 3 rings (SSSR count). The van der Waals surface area contributed by atoms with Gasteiger partial charge in [0, 0.05) is 18.2 Å². The topological polar surface area (TPSA) is 84.7 Å². The van der Waals surface area contributed by atoms with Gasteiger partial charge in [0.2, 0.25) is 11.7 Å². The average molecular weight is 388 g/mol. The van der Waals surface area contributed by atoms with Gasteiger partial charge in [-0.3, -0.25) is 4.79 Å². The Morgan fingerprint density at radius 3 is 2.88 bits per heavy atom. The molecule has 6 nitrogen and oxygen atoms in total. The maximum atomic E-state index is 12.6. The largest absolute Gasteiger partial charge is 0.433 e. The first-order chi connectivity index (χ1) is 11.9. The summed E-state index contributed by atoms with van der Waals surface area (Å²) in [6.07, 6.45) is -3.59. The smallest absolute Gasteiger partial charge is 0.339 e. The highest BCUT2D eigenvalue weighted by Gasteiger charge is 2.33. The Hall–Kier alpha value is -2.14. The van der Waals surface area contributed by atoms with Gasteiger partial charge >= 0.3 is 6.18 Å². The number of halogens is 3. The van der Waals surface area contributed by atoms with Gasteiger partial charge in [0.15, 0.2) is 10.9 Å². The van der Waals surface area contributed by atoms with Crippen LogP contribution in [0, 0.1) is 0 Å². The van der Waals surface area contributed by atoms with Crippen LogP contribution in [-0.2, 0) is 12.6 Å². The normalized spacial score (nSPS) is 11.8. The van der Waals surface area contributed by atoms with Crippen molar-refractivity contribution in [2.75, 3.05) is 5.75 Å². The molecule has 0 saturated carbocycles. The molecule has 0 aromatic carbocycles. The molecule has 0 aliphatic rings. The van der Waals surface area contributed by atoms with Crippen LogP contribution in [0.4, 0.5) is 13.2 Å². The molecule has 0 radical (unpaired) electrons. The zero-order valence-electron chi connectivity index (χ0n) is 12.5. The lowest BCUT2D eigenvalue weighted by Crippen LogP contribution is -2.16. The second-order valence-corrected chi connectivity index (χ2v) is 6.91. The number of aromatic amines is 1. The van der Waals surface area contributed by atoms with Crippen LogP contribution in [0.5, 0.6) is 0 Å². The van der Waals surface area contributed by atoms with Crippen molar-refractivity contribution in [3.05, 3.63) is 45.5 Å². The van der Waals surface area contributed by atoms with E-state index in [1.165, 1.54) is 11.3 Å². The predicted octanol–water partition coefficient (Wildman–Crippen LogP) is 3.63. The molecule has 25 heavy (non-hydrogen) atoms. The zero-order valence-corrected chi connectivity index (χ0v) is 14.2. The summed E-state index contributed by atoms with van der Waals surface area (Å²) >= 11 is 2.53. The van der Waals surface area contributed by atoms with Gasteiger partial charge in [-0.2, -0.15) is 18.2 Å². The summed E-state index contributed by atoms with van der Waals surface area (Å²) in [6, 6.07) is 4.20. The molecule has 0 saturated heterocycles. The molecule has 0 aliphatic carbocycles. The van der Waals surface area contributed by atoms with Crippen molar-refractivity contribution in [1.29, 1.82) is 0 Å². The third kappa shape index (κ3) is 4.69. The maximum absolute atomic E-state index is 12.6. The lowest BCUT2D eigenvalue weighted by atomic mass is 10.3. The minimum atomic E-state index is -4.65. The highest BCUT2D eigenvalue weighted by molar-refractivity contribution is 7.99. The fraction of sp³-hybridized carbons (Fsp3) is 0.286. The highest BCUT2D eigenvalue weighted by atomic mass is 32.2. The fourth-order valence-corrected chi connectivity index (χ4v) is 3.37. The summed E-state index contributed by atoms with van der Waals surface area (Å²) in [5.41, 5.74) is -2.03. The molecule has 0 unspecified atom stereocenters. The number of alkyl halides is 3. The van der Waals surface area contributed by atoms with Crippen LogP contribution >= 0.6 is 23.1 Å². The van der Waals surface area contributed by atoms with Crippen LogP contribution in [0.2, 0.25) is 0 Å². The monoisotopic (exact) mass is 388 g/mol. The number of nitrogens with zero attached hydrogens (tertiary/aromatic N) is 3. The van der Waals surface area contributed by atoms with Gasteiger partial charge in [-0.25, -0.2) is 4.98 Å². The van der Waals surface area contributed by atoms with E-state index in [9.17, 15) is 18.0 Å². The lowest BCUT2D eigenvalue weighted by Gasteiger charge is -2.06. The van der Waals surface area contributed by atoms with Gasteiger partial charge in [-0.05, 0) is 17.9 Å². The van der Waals surface area contributed by atoms with Gasteiger partial charge in [0.1, 0.15) is 0 Å². The molecule has 0 amide bonds. The van der Waals surface area contributed by atoms with E-state index in [1.54, 1.807) is 0 Å². The third-order valence-corrected chi connectivity index (χ3v) is 4.82. The summed E-state index contributed by atoms with van der Waals surface area (Å²) in [5.74, 6) is 1.41. The number of H-pyrrole nitrogens is 1. The highest BCUT2D eigenvalue weighted by Crippen LogP contribution is 2.27. The summed E-state index contributed by atoms with van der Waals surface area (Å²) in [5, 5.41) is 5.72. The van der Waals surface area contributed by atoms with Crippen molar-refractivity contribution < 1.29 is 17.7 Å². The molecule has 3 heterocycles. The lowest BCUT2D eigenvalue weighted by molar-refractivity contribution is -0.141. The standard InChI is InChI=1S/C14H11F3N4O2S2/c15-14(16,17)9-7-10(22)19-13(18-9)25-6-2-4-11-20-12(21-23-11)8-3-1-5-24-8/h1,3,5,7H,2,4,6H2,(H,18,19,22). The van der Waals surface area contributed by atoms with Gasteiger partial charge in [-0.1, -0.05) is 23.0 Å². The van der Waals surface area contributed by atoms with Crippen molar-refractivity contribution in [3.63, 3.8) is 0 Å².